The first-order valence-electron chi connectivity index (χ1n) is 10.0. The van der Waals surface area contributed by atoms with E-state index in [1.54, 1.807) is 36.2 Å². The predicted molar refractivity (Wildman–Crippen MR) is 117 cm³/mol. The Morgan fingerprint density at radius 3 is 2.71 bits per heavy atom. The SMILES string of the molecule is CCCOCCn1c(=O)c(NCC(=O)NC)nc2cnc(-c3ccc(OC)nc3)cc21. The number of hydrogen-bond acceptors (Lipinski definition) is 8. The summed E-state index contributed by atoms with van der Waals surface area (Å²) in [6.07, 6.45) is 4.15. The Morgan fingerprint density at radius 2 is 2.03 bits per heavy atom. The average Bonchev–Trinajstić information content (AvgIpc) is 2.81. The van der Waals surface area contributed by atoms with E-state index >= 15 is 0 Å². The van der Waals surface area contributed by atoms with Crippen molar-refractivity contribution in [2.45, 2.75) is 19.9 Å². The van der Waals surface area contributed by atoms with Crippen LogP contribution in [0, 0.1) is 0 Å². The molecule has 0 saturated carbocycles. The first-order chi connectivity index (χ1) is 15.1. The van der Waals surface area contributed by atoms with E-state index in [4.69, 9.17) is 9.47 Å². The number of carbonyl (C=O) groups excluding carboxylic acids is 1. The van der Waals surface area contributed by atoms with E-state index in [0.29, 0.717) is 42.4 Å². The number of carbonyl (C=O) groups is 1. The highest BCUT2D eigenvalue weighted by Gasteiger charge is 2.14. The lowest BCUT2D eigenvalue weighted by molar-refractivity contribution is -0.118. The lowest BCUT2D eigenvalue weighted by Crippen LogP contribution is -2.31. The summed E-state index contributed by atoms with van der Waals surface area (Å²) in [6.45, 7) is 3.31. The van der Waals surface area contributed by atoms with Crippen LogP contribution in [0.2, 0.25) is 0 Å². The van der Waals surface area contributed by atoms with Gasteiger partial charge in [-0.1, -0.05) is 6.92 Å². The van der Waals surface area contributed by atoms with Crippen LogP contribution in [0.25, 0.3) is 22.3 Å². The van der Waals surface area contributed by atoms with Gasteiger partial charge in [0.25, 0.3) is 5.56 Å². The molecular weight excluding hydrogens is 400 g/mol. The molecule has 0 unspecified atom stereocenters. The van der Waals surface area contributed by atoms with Crippen LogP contribution in [0.4, 0.5) is 5.82 Å². The number of nitrogens with zero attached hydrogens (tertiary/aromatic N) is 4. The Morgan fingerprint density at radius 1 is 1.19 bits per heavy atom. The van der Waals surface area contributed by atoms with E-state index in [1.807, 2.05) is 13.0 Å². The molecule has 1 amide bonds. The van der Waals surface area contributed by atoms with Gasteiger partial charge in [0.15, 0.2) is 5.82 Å². The number of hydrogen-bond donors (Lipinski definition) is 2. The zero-order valence-electron chi connectivity index (χ0n) is 17.8. The molecule has 0 atom stereocenters. The molecule has 0 fully saturated rings. The zero-order valence-corrected chi connectivity index (χ0v) is 17.8. The molecule has 3 rings (SSSR count). The molecule has 10 heteroatoms. The maximum Gasteiger partial charge on any atom is 0.293 e. The monoisotopic (exact) mass is 426 g/mol. The molecule has 0 aliphatic carbocycles. The molecule has 3 aromatic rings. The van der Waals surface area contributed by atoms with Crippen LogP contribution >= 0.6 is 0 Å². The van der Waals surface area contributed by atoms with Crippen LogP contribution in [-0.2, 0) is 16.1 Å². The standard InChI is InChI=1S/C21H26N6O4/c1-4-8-31-9-7-27-17-10-15(14-5-6-19(30-3)24-11-14)23-12-16(17)26-20(21(27)29)25-13-18(28)22-2/h5-6,10-12H,4,7-9,13H2,1-3H3,(H,22,28)(H,25,26). The van der Waals surface area contributed by atoms with Crippen LogP contribution in [0.1, 0.15) is 13.3 Å². The molecular formula is C21H26N6O4. The summed E-state index contributed by atoms with van der Waals surface area (Å²) in [7, 11) is 3.08. The van der Waals surface area contributed by atoms with Crippen LogP contribution in [0.3, 0.4) is 0 Å². The lowest BCUT2D eigenvalue weighted by Gasteiger charge is -2.14. The van der Waals surface area contributed by atoms with Crippen molar-refractivity contribution >= 4 is 22.8 Å². The fraction of sp³-hybridized carbons (Fsp3) is 0.381. The average molecular weight is 426 g/mol. The largest absolute Gasteiger partial charge is 0.481 e. The number of aromatic nitrogens is 4. The third-order valence-electron chi connectivity index (χ3n) is 4.58. The van der Waals surface area contributed by atoms with Crippen molar-refractivity contribution in [2.24, 2.45) is 0 Å². The Labute approximate surface area is 179 Å². The molecule has 0 aliphatic heterocycles. The summed E-state index contributed by atoms with van der Waals surface area (Å²) in [5, 5.41) is 5.31. The molecule has 3 aromatic heterocycles. The highest BCUT2D eigenvalue weighted by atomic mass is 16.5. The summed E-state index contributed by atoms with van der Waals surface area (Å²) in [5.41, 5.74) is 2.25. The third kappa shape index (κ3) is 5.34. The minimum atomic E-state index is -0.332. The van der Waals surface area contributed by atoms with Gasteiger partial charge in [0.05, 0.1) is 37.7 Å². The van der Waals surface area contributed by atoms with Gasteiger partial charge in [-0.3, -0.25) is 14.6 Å². The van der Waals surface area contributed by atoms with Crippen molar-refractivity contribution in [1.82, 2.24) is 24.8 Å². The van der Waals surface area contributed by atoms with Gasteiger partial charge in [-0.15, -0.1) is 0 Å². The molecule has 0 saturated heterocycles. The van der Waals surface area contributed by atoms with Gasteiger partial charge in [0, 0.05) is 38.0 Å². The highest BCUT2D eigenvalue weighted by molar-refractivity contribution is 5.82. The number of ether oxygens (including phenoxy) is 2. The maximum absolute atomic E-state index is 13.1. The van der Waals surface area contributed by atoms with Crippen molar-refractivity contribution in [1.29, 1.82) is 0 Å². The number of pyridine rings is 2. The number of fused-ring (bicyclic) bond motifs is 1. The first kappa shape index (κ1) is 22.2. The Kier molecular flexibility index (Phi) is 7.50. The summed E-state index contributed by atoms with van der Waals surface area (Å²) in [6, 6.07) is 5.39. The van der Waals surface area contributed by atoms with Gasteiger partial charge in [0.2, 0.25) is 11.8 Å². The van der Waals surface area contributed by atoms with E-state index in [9.17, 15) is 9.59 Å². The molecule has 0 aromatic carbocycles. The van der Waals surface area contributed by atoms with Gasteiger partial charge in [-0.25, -0.2) is 9.97 Å². The first-order valence-corrected chi connectivity index (χ1v) is 10.0. The zero-order chi connectivity index (χ0) is 22.2. The fourth-order valence-electron chi connectivity index (χ4n) is 2.95. The maximum atomic E-state index is 13.1. The Hall–Kier alpha value is -3.53. The van der Waals surface area contributed by atoms with Gasteiger partial charge in [-0.2, -0.15) is 0 Å². The number of likely N-dealkylation sites (N-methyl/N-ethyl adjacent to an activating group) is 1. The number of nitrogens with one attached hydrogen (secondary N) is 2. The topological polar surface area (TPSA) is 120 Å². The van der Waals surface area contributed by atoms with Crippen molar-refractivity contribution in [3.05, 3.63) is 40.9 Å². The smallest absolute Gasteiger partial charge is 0.293 e. The Bertz CT molecular complexity index is 1100. The molecule has 164 valence electrons. The number of anilines is 1. The van der Waals surface area contributed by atoms with Gasteiger partial charge in [0.1, 0.15) is 5.52 Å². The van der Waals surface area contributed by atoms with E-state index in [2.05, 4.69) is 25.6 Å². The highest BCUT2D eigenvalue weighted by Crippen LogP contribution is 2.22. The molecule has 31 heavy (non-hydrogen) atoms. The molecule has 3 heterocycles. The number of methoxy groups -OCH3 is 1. The quantitative estimate of drug-likeness (QED) is 0.468. The molecule has 0 spiro atoms. The lowest BCUT2D eigenvalue weighted by atomic mass is 10.2. The Balaban J connectivity index is 2.02. The molecule has 0 bridgehead atoms. The number of rotatable bonds is 10. The summed E-state index contributed by atoms with van der Waals surface area (Å²) >= 11 is 0. The van der Waals surface area contributed by atoms with Crippen LogP contribution in [0.15, 0.2) is 35.4 Å². The predicted octanol–water partition coefficient (Wildman–Crippen LogP) is 1.45. The fourth-order valence-corrected chi connectivity index (χ4v) is 2.95. The van der Waals surface area contributed by atoms with Crippen LogP contribution < -0.4 is 20.9 Å². The second-order valence-electron chi connectivity index (χ2n) is 6.70. The molecule has 0 radical (unpaired) electrons. The van der Waals surface area contributed by atoms with Gasteiger partial charge < -0.3 is 24.7 Å². The van der Waals surface area contributed by atoms with E-state index in [-0.39, 0.29) is 23.8 Å². The molecule has 2 N–H and O–H groups in total. The van der Waals surface area contributed by atoms with Gasteiger partial charge >= 0.3 is 0 Å². The van der Waals surface area contributed by atoms with Crippen molar-refractivity contribution in [3.63, 3.8) is 0 Å². The van der Waals surface area contributed by atoms with E-state index in [1.165, 1.54) is 7.05 Å². The normalized spacial score (nSPS) is 10.8. The molecule has 0 aliphatic rings. The third-order valence-corrected chi connectivity index (χ3v) is 4.58. The second kappa shape index (κ2) is 10.5. The minimum Gasteiger partial charge on any atom is -0.481 e. The van der Waals surface area contributed by atoms with Crippen molar-refractivity contribution in [2.75, 3.05) is 39.2 Å². The minimum absolute atomic E-state index is 0.0559. The molecule has 10 nitrogen and oxygen atoms in total. The van der Waals surface area contributed by atoms with E-state index in [0.717, 1.165) is 12.0 Å². The summed E-state index contributed by atoms with van der Waals surface area (Å²) in [5.74, 6) is 0.342. The second-order valence-corrected chi connectivity index (χ2v) is 6.70. The summed E-state index contributed by atoms with van der Waals surface area (Å²) in [4.78, 5) is 37.7. The van der Waals surface area contributed by atoms with Gasteiger partial charge in [-0.05, 0) is 18.6 Å². The van der Waals surface area contributed by atoms with E-state index < -0.39 is 0 Å². The van der Waals surface area contributed by atoms with Crippen molar-refractivity contribution < 1.29 is 14.3 Å². The van der Waals surface area contributed by atoms with Crippen LogP contribution in [-0.4, -0.2) is 59.3 Å². The number of amides is 1. The van der Waals surface area contributed by atoms with Crippen LogP contribution in [0.5, 0.6) is 5.88 Å². The summed E-state index contributed by atoms with van der Waals surface area (Å²) < 4.78 is 12.3. The van der Waals surface area contributed by atoms with Crippen molar-refractivity contribution in [3.8, 4) is 17.1 Å².